The summed E-state index contributed by atoms with van der Waals surface area (Å²) in [5.41, 5.74) is 1.92. The Kier molecular flexibility index (Phi) is 4.07. The molecule has 5 heteroatoms. The normalized spacial score (nSPS) is 17.6. The average Bonchev–Trinajstić information content (AvgIpc) is 2.68. The number of aromatic nitrogens is 1. The van der Waals surface area contributed by atoms with Crippen molar-refractivity contribution in [2.75, 3.05) is 26.3 Å². The zero-order valence-electron chi connectivity index (χ0n) is 13.5. The molecule has 1 saturated heterocycles. The van der Waals surface area contributed by atoms with Gasteiger partial charge in [-0.25, -0.2) is 0 Å². The van der Waals surface area contributed by atoms with Crippen molar-refractivity contribution in [2.24, 2.45) is 0 Å². The summed E-state index contributed by atoms with van der Waals surface area (Å²) < 4.78 is 11.3. The molecule has 0 N–H and O–H groups in total. The third kappa shape index (κ3) is 2.82. The van der Waals surface area contributed by atoms with Gasteiger partial charge in [-0.3, -0.25) is 9.78 Å². The van der Waals surface area contributed by atoms with Crippen molar-refractivity contribution in [3.8, 4) is 11.5 Å². The summed E-state index contributed by atoms with van der Waals surface area (Å²) in [7, 11) is 0. The lowest BCUT2D eigenvalue weighted by Crippen LogP contribution is -2.38. The van der Waals surface area contributed by atoms with Crippen molar-refractivity contribution < 1.29 is 14.3 Å². The maximum absolute atomic E-state index is 12.9. The molecular weight excluding hydrogens is 304 g/mol. The third-order valence-electron chi connectivity index (χ3n) is 4.76. The lowest BCUT2D eigenvalue weighted by molar-refractivity contribution is 0.0703. The van der Waals surface area contributed by atoms with E-state index in [1.54, 1.807) is 0 Å². The summed E-state index contributed by atoms with van der Waals surface area (Å²) in [6.07, 6.45) is 5.62. The number of carbonyl (C=O) groups excluding carboxylic acids is 1. The average molecular weight is 324 g/mol. The van der Waals surface area contributed by atoms with Gasteiger partial charge in [0.2, 0.25) is 0 Å². The lowest BCUT2D eigenvalue weighted by atomic mass is 9.90. The molecule has 5 nitrogen and oxygen atoms in total. The minimum atomic E-state index is 0.0329. The fourth-order valence-corrected chi connectivity index (χ4v) is 3.46. The summed E-state index contributed by atoms with van der Waals surface area (Å²) in [4.78, 5) is 18.9. The number of hydrogen-bond acceptors (Lipinski definition) is 4. The Bertz CT molecular complexity index is 725. The van der Waals surface area contributed by atoms with Crippen molar-refractivity contribution in [1.82, 2.24) is 9.88 Å². The molecule has 4 rings (SSSR count). The van der Waals surface area contributed by atoms with Crippen LogP contribution in [0.5, 0.6) is 11.5 Å². The van der Waals surface area contributed by atoms with Crippen LogP contribution in [0, 0.1) is 0 Å². The van der Waals surface area contributed by atoms with Crippen molar-refractivity contribution in [1.29, 1.82) is 0 Å². The van der Waals surface area contributed by atoms with Crippen LogP contribution in [0.4, 0.5) is 0 Å². The van der Waals surface area contributed by atoms with E-state index in [2.05, 4.69) is 17.1 Å². The van der Waals surface area contributed by atoms with E-state index in [9.17, 15) is 4.79 Å². The van der Waals surface area contributed by atoms with E-state index in [0.29, 0.717) is 36.2 Å². The van der Waals surface area contributed by atoms with Crippen LogP contribution < -0.4 is 9.47 Å². The Labute approximate surface area is 141 Å². The first kappa shape index (κ1) is 15.0. The predicted octanol–water partition coefficient (Wildman–Crippen LogP) is 2.87. The smallest absolute Gasteiger partial charge is 0.257 e. The van der Waals surface area contributed by atoms with Crippen LogP contribution >= 0.6 is 0 Å². The highest BCUT2D eigenvalue weighted by Crippen LogP contribution is 2.35. The van der Waals surface area contributed by atoms with Crippen molar-refractivity contribution in [3.63, 3.8) is 0 Å². The minimum Gasteiger partial charge on any atom is -0.486 e. The van der Waals surface area contributed by atoms with E-state index in [1.807, 2.05) is 35.5 Å². The Morgan fingerprint density at radius 3 is 2.58 bits per heavy atom. The molecule has 1 fully saturated rings. The standard InChI is InChI=1S/C19H20N2O3/c22-19(16-2-1-3-17-18(16)24-13-12-23-17)21-10-6-15(7-11-21)14-4-8-20-9-5-14/h1-5,8-9,15H,6-7,10-13H2. The Morgan fingerprint density at radius 2 is 1.79 bits per heavy atom. The second-order valence-corrected chi connectivity index (χ2v) is 6.18. The highest BCUT2D eigenvalue weighted by Gasteiger charge is 2.28. The van der Waals surface area contributed by atoms with Crippen LogP contribution in [0.25, 0.3) is 0 Å². The number of fused-ring (bicyclic) bond motifs is 1. The Morgan fingerprint density at radius 1 is 1.04 bits per heavy atom. The number of amides is 1. The van der Waals surface area contributed by atoms with Gasteiger partial charge >= 0.3 is 0 Å². The molecule has 0 spiro atoms. The zero-order chi connectivity index (χ0) is 16.4. The molecule has 3 heterocycles. The van der Waals surface area contributed by atoms with E-state index in [-0.39, 0.29) is 5.91 Å². The molecule has 0 saturated carbocycles. The molecular formula is C19H20N2O3. The zero-order valence-corrected chi connectivity index (χ0v) is 13.5. The topological polar surface area (TPSA) is 51.7 Å². The first-order valence-corrected chi connectivity index (χ1v) is 8.41. The maximum atomic E-state index is 12.9. The number of hydrogen-bond donors (Lipinski definition) is 0. The number of nitrogens with zero attached hydrogens (tertiary/aromatic N) is 2. The van der Waals surface area contributed by atoms with E-state index < -0.39 is 0 Å². The molecule has 24 heavy (non-hydrogen) atoms. The van der Waals surface area contributed by atoms with Gasteiger partial charge in [-0.2, -0.15) is 0 Å². The number of carbonyl (C=O) groups is 1. The second-order valence-electron chi connectivity index (χ2n) is 6.18. The largest absolute Gasteiger partial charge is 0.486 e. The summed E-state index contributed by atoms with van der Waals surface area (Å²) in [6.45, 7) is 2.54. The number of piperidine rings is 1. The lowest BCUT2D eigenvalue weighted by Gasteiger charge is -2.33. The molecule has 0 bridgehead atoms. The van der Waals surface area contributed by atoms with Gasteiger partial charge in [0.1, 0.15) is 13.2 Å². The third-order valence-corrected chi connectivity index (χ3v) is 4.76. The fraction of sp³-hybridized carbons (Fsp3) is 0.368. The van der Waals surface area contributed by atoms with Crippen LogP contribution in [0.15, 0.2) is 42.7 Å². The molecule has 2 aliphatic rings. The van der Waals surface area contributed by atoms with Crippen molar-refractivity contribution in [2.45, 2.75) is 18.8 Å². The van der Waals surface area contributed by atoms with Gasteiger partial charge in [-0.05, 0) is 48.6 Å². The fourth-order valence-electron chi connectivity index (χ4n) is 3.46. The molecule has 0 atom stereocenters. The second kappa shape index (κ2) is 6.51. The first-order valence-electron chi connectivity index (χ1n) is 8.41. The number of benzene rings is 1. The number of ether oxygens (including phenoxy) is 2. The molecule has 0 aliphatic carbocycles. The Hall–Kier alpha value is -2.56. The van der Waals surface area contributed by atoms with Gasteiger partial charge in [0.05, 0.1) is 5.56 Å². The molecule has 1 aromatic carbocycles. The number of pyridine rings is 1. The van der Waals surface area contributed by atoms with E-state index in [0.717, 1.165) is 25.9 Å². The van der Waals surface area contributed by atoms with E-state index in [4.69, 9.17) is 9.47 Å². The molecule has 1 amide bonds. The molecule has 0 radical (unpaired) electrons. The van der Waals surface area contributed by atoms with Gasteiger partial charge in [-0.15, -0.1) is 0 Å². The van der Waals surface area contributed by atoms with Gasteiger partial charge in [0.25, 0.3) is 5.91 Å². The predicted molar refractivity (Wildman–Crippen MR) is 89.5 cm³/mol. The summed E-state index contributed by atoms with van der Waals surface area (Å²) >= 11 is 0. The van der Waals surface area contributed by atoms with Crippen LogP contribution in [-0.4, -0.2) is 42.1 Å². The minimum absolute atomic E-state index is 0.0329. The first-order chi connectivity index (χ1) is 11.8. The Balaban J connectivity index is 1.47. The van der Waals surface area contributed by atoms with Crippen LogP contribution in [0.2, 0.25) is 0 Å². The number of para-hydroxylation sites is 1. The number of rotatable bonds is 2. The molecule has 0 unspecified atom stereocenters. The maximum Gasteiger partial charge on any atom is 0.257 e. The SMILES string of the molecule is O=C(c1cccc2c1OCCO2)N1CCC(c2ccncc2)CC1. The van der Waals surface area contributed by atoms with Gasteiger partial charge < -0.3 is 14.4 Å². The number of likely N-dealkylation sites (tertiary alicyclic amines) is 1. The van der Waals surface area contributed by atoms with Gasteiger partial charge in [0, 0.05) is 25.5 Å². The molecule has 124 valence electrons. The van der Waals surface area contributed by atoms with E-state index >= 15 is 0 Å². The van der Waals surface area contributed by atoms with E-state index in [1.165, 1.54) is 5.56 Å². The van der Waals surface area contributed by atoms with Crippen LogP contribution in [-0.2, 0) is 0 Å². The summed E-state index contributed by atoms with van der Waals surface area (Å²) in [6, 6.07) is 9.66. The van der Waals surface area contributed by atoms with Crippen molar-refractivity contribution in [3.05, 3.63) is 53.9 Å². The quantitative estimate of drug-likeness (QED) is 0.852. The summed E-state index contributed by atoms with van der Waals surface area (Å²) in [5, 5.41) is 0. The van der Waals surface area contributed by atoms with Crippen LogP contribution in [0.3, 0.4) is 0 Å². The van der Waals surface area contributed by atoms with Gasteiger partial charge in [-0.1, -0.05) is 6.07 Å². The molecule has 2 aliphatic heterocycles. The van der Waals surface area contributed by atoms with Crippen molar-refractivity contribution >= 4 is 5.91 Å². The molecule has 1 aromatic heterocycles. The summed E-state index contributed by atoms with van der Waals surface area (Å²) in [5.74, 6) is 1.79. The monoisotopic (exact) mass is 324 g/mol. The van der Waals surface area contributed by atoms with Gasteiger partial charge in [0.15, 0.2) is 11.5 Å². The molecule has 2 aromatic rings. The van der Waals surface area contributed by atoms with Crippen LogP contribution in [0.1, 0.15) is 34.7 Å². The highest BCUT2D eigenvalue weighted by molar-refractivity contribution is 5.98. The highest BCUT2D eigenvalue weighted by atomic mass is 16.6.